The van der Waals surface area contributed by atoms with Gasteiger partial charge in [0.2, 0.25) is 0 Å². The molecule has 2 nitrogen and oxygen atoms in total. The molecule has 0 aliphatic carbocycles. The van der Waals surface area contributed by atoms with E-state index < -0.39 is 0 Å². The highest BCUT2D eigenvalue weighted by Gasteiger charge is 2.04. The Labute approximate surface area is 97.7 Å². The van der Waals surface area contributed by atoms with Crippen LogP contribution in [0.1, 0.15) is 6.92 Å². The van der Waals surface area contributed by atoms with Crippen LogP contribution in [0.2, 0.25) is 5.02 Å². The standard InChI is InChI=1S/C10H13BrClNO/c1-7(14-2)6-13-9-5-3-4-8(12)10(9)11/h3-5,7,13H,6H2,1-2H3. The second-order valence-corrected chi connectivity index (χ2v) is 4.23. The van der Waals surface area contributed by atoms with E-state index in [4.69, 9.17) is 16.3 Å². The summed E-state index contributed by atoms with van der Waals surface area (Å²) in [5, 5.41) is 3.96. The first kappa shape index (κ1) is 11.8. The highest BCUT2D eigenvalue weighted by atomic mass is 79.9. The summed E-state index contributed by atoms with van der Waals surface area (Å²) in [7, 11) is 1.69. The van der Waals surface area contributed by atoms with Crippen molar-refractivity contribution in [3.8, 4) is 0 Å². The Kier molecular flexibility index (Phi) is 4.72. The van der Waals surface area contributed by atoms with E-state index in [9.17, 15) is 0 Å². The molecule has 0 amide bonds. The number of methoxy groups -OCH3 is 1. The van der Waals surface area contributed by atoms with Crippen LogP contribution in [0.25, 0.3) is 0 Å². The van der Waals surface area contributed by atoms with Gasteiger partial charge in [-0.3, -0.25) is 0 Å². The molecule has 0 saturated carbocycles. The normalized spacial score (nSPS) is 12.6. The molecule has 1 aromatic carbocycles. The molecule has 1 rings (SSSR count). The summed E-state index contributed by atoms with van der Waals surface area (Å²) in [5.74, 6) is 0. The average molecular weight is 279 g/mol. The minimum atomic E-state index is 0.181. The lowest BCUT2D eigenvalue weighted by Crippen LogP contribution is -2.18. The van der Waals surface area contributed by atoms with Crippen molar-refractivity contribution in [2.24, 2.45) is 0 Å². The third kappa shape index (κ3) is 3.15. The summed E-state index contributed by atoms with van der Waals surface area (Å²) >= 11 is 9.36. The van der Waals surface area contributed by atoms with Crippen molar-refractivity contribution < 1.29 is 4.74 Å². The van der Waals surface area contributed by atoms with Crippen molar-refractivity contribution in [3.05, 3.63) is 27.7 Å². The van der Waals surface area contributed by atoms with Crippen LogP contribution in [0.3, 0.4) is 0 Å². The average Bonchev–Trinajstić information content (AvgIpc) is 2.20. The lowest BCUT2D eigenvalue weighted by Gasteiger charge is -2.13. The van der Waals surface area contributed by atoms with Gasteiger partial charge in [-0.15, -0.1) is 0 Å². The van der Waals surface area contributed by atoms with Crippen molar-refractivity contribution in [2.75, 3.05) is 19.0 Å². The van der Waals surface area contributed by atoms with Gasteiger partial charge in [0.25, 0.3) is 0 Å². The molecule has 0 radical (unpaired) electrons. The predicted octanol–water partition coefficient (Wildman–Crippen LogP) is 3.55. The van der Waals surface area contributed by atoms with Crippen molar-refractivity contribution in [2.45, 2.75) is 13.0 Å². The minimum absolute atomic E-state index is 0.181. The topological polar surface area (TPSA) is 21.3 Å². The quantitative estimate of drug-likeness (QED) is 0.909. The predicted molar refractivity (Wildman–Crippen MR) is 64.1 cm³/mol. The Hall–Kier alpha value is -0.250. The van der Waals surface area contributed by atoms with Gasteiger partial charge in [0.1, 0.15) is 0 Å². The Balaban J connectivity index is 2.63. The Morgan fingerprint density at radius 1 is 1.57 bits per heavy atom. The first-order chi connectivity index (χ1) is 6.65. The number of benzene rings is 1. The van der Waals surface area contributed by atoms with Crippen LogP contribution in [0.4, 0.5) is 5.69 Å². The van der Waals surface area contributed by atoms with Crippen LogP contribution in [0.5, 0.6) is 0 Å². The highest BCUT2D eigenvalue weighted by molar-refractivity contribution is 9.10. The van der Waals surface area contributed by atoms with Gasteiger partial charge in [-0.1, -0.05) is 17.7 Å². The second kappa shape index (κ2) is 5.59. The first-order valence-corrected chi connectivity index (χ1v) is 5.53. The molecule has 0 spiro atoms. The number of anilines is 1. The summed E-state index contributed by atoms with van der Waals surface area (Å²) in [6.45, 7) is 2.76. The molecule has 1 atom stereocenters. The molecule has 1 unspecified atom stereocenters. The zero-order valence-electron chi connectivity index (χ0n) is 8.18. The number of ether oxygens (including phenoxy) is 1. The Morgan fingerprint density at radius 3 is 2.93 bits per heavy atom. The third-order valence-corrected chi connectivity index (χ3v) is 3.33. The molecule has 14 heavy (non-hydrogen) atoms. The monoisotopic (exact) mass is 277 g/mol. The van der Waals surface area contributed by atoms with Crippen LogP contribution in [0, 0.1) is 0 Å². The van der Waals surface area contributed by atoms with Gasteiger partial charge in [0.15, 0.2) is 0 Å². The van der Waals surface area contributed by atoms with E-state index in [2.05, 4.69) is 21.2 Å². The van der Waals surface area contributed by atoms with E-state index >= 15 is 0 Å². The number of hydrogen-bond donors (Lipinski definition) is 1. The van der Waals surface area contributed by atoms with E-state index in [0.717, 1.165) is 16.7 Å². The summed E-state index contributed by atoms with van der Waals surface area (Å²) in [6.07, 6.45) is 0.181. The summed E-state index contributed by atoms with van der Waals surface area (Å²) in [6, 6.07) is 5.72. The maximum Gasteiger partial charge on any atom is 0.0715 e. The number of nitrogens with one attached hydrogen (secondary N) is 1. The summed E-state index contributed by atoms with van der Waals surface area (Å²) in [5.41, 5.74) is 0.987. The molecular formula is C10H13BrClNO. The Morgan fingerprint density at radius 2 is 2.29 bits per heavy atom. The van der Waals surface area contributed by atoms with E-state index in [0.29, 0.717) is 5.02 Å². The zero-order chi connectivity index (χ0) is 10.6. The van der Waals surface area contributed by atoms with Crippen LogP contribution in [-0.4, -0.2) is 19.8 Å². The second-order valence-electron chi connectivity index (χ2n) is 3.03. The van der Waals surface area contributed by atoms with Crippen molar-refractivity contribution in [1.82, 2.24) is 0 Å². The minimum Gasteiger partial charge on any atom is -0.381 e. The number of hydrogen-bond acceptors (Lipinski definition) is 2. The van der Waals surface area contributed by atoms with E-state index in [-0.39, 0.29) is 6.10 Å². The summed E-state index contributed by atoms with van der Waals surface area (Å²) in [4.78, 5) is 0. The molecular weight excluding hydrogens is 265 g/mol. The van der Waals surface area contributed by atoms with Gasteiger partial charge < -0.3 is 10.1 Å². The molecule has 0 aliphatic rings. The SMILES string of the molecule is COC(C)CNc1cccc(Cl)c1Br. The largest absolute Gasteiger partial charge is 0.381 e. The van der Waals surface area contributed by atoms with E-state index in [1.165, 1.54) is 0 Å². The lowest BCUT2D eigenvalue weighted by atomic mass is 10.3. The molecule has 0 fully saturated rings. The molecule has 0 aliphatic heterocycles. The Bertz CT molecular complexity index is 306. The van der Waals surface area contributed by atoms with Gasteiger partial charge in [-0.05, 0) is 35.0 Å². The summed E-state index contributed by atoms with van der Waals surface area (Å²) < 4.78 is 6.02. The molecule has 1 N–H and O–H groups in total. The molecule has 0 bridgehead atoms. The fraction of sp³-hybridized carbons (Fsp3) is 0.400. The first-order valence-electron chi connectivity index (χ1n) is 4.36. The van der Waals surface area contributed by atoms with E-state index in [1.807, 2.05) is 25.1 Å². The van der Waals surface area contributed by atoms with Crippen molar-refractivity contribution in [1.29, 1.82) is 0 Å². The van der Waals surface area contributed by atoms with Gasteiger partial charge >= 0.3 is 0 Å². The van der Waals surface area contributed by atoms with Gasteiger partial charge in [0.05, 0.1) is 21.3 Å². The molecule has 0 aromatic heterocycles. The zero-order valence-corrected chi connectivity index (χ0v) is 10.5. The number of halogens is 2. The van der Waals surface area contributed by atoms with Gasteiger partial charge in [0, 0.05) is 13.7 Å². The maximum atomic E-state index is 5.94. The number of rotatable bonds is 4. The lowest BCUT2D eigenvalue weighted by molar-refractivity contribution is 0.129. The smallest absolute Gasteiger partial charge is 0.0715 e. The van der Waals surface area contributed by atoms with Crippen LogP contribution in [0.15, 0.2) is 22.7 Å². The van der Waals surface area contributed by atoms with Crippen LogP contribution in [-0.2, 0) is 4.74 Å². The van der Waals surface area contributed by atoms with Crippen molar-refractivity contribution >= 4 is 33.2 Å². The molecule has 78 valence electrons. The van der Waals surface area contributed by atoms with Gasteiger partial charge in [-0.2, -0.15) is 0 Å². The van der Waals surface area contributed by atoms with Gasteiger partial charge in [-0.25, -0.2) is 0 Å². The van der Waals surface area contributed by atoms with Crippen LogP contribution < -0.4 is 5.32 Å². The third-order valence-electron chi connectivity index (χ3n) is 1.93. The highest BCUT2D eigenvalue weighted by Crippen LogP contribution is 2.29. The maximum absolute atomic E-state index is 5.94. The fourth-order valence-electron chi connectivity index (χ4n) is 0.977. The van der Waals surface area contributed by atoms with Crippen molar-refractivity contribution in [3.63, 3.8) is 0 Å². The molecule has 1 aromatic rings. The fourth-order valence-corrected chi connectivity index (χ4v) is 1.56. The van der Waals surface area contributed by atoms with E-state index in [1.54, 1.807) is 7.11 Å². The molecule has 4 heteroatoms. The molecule has 0 saturated heterocycles. The van der Waals surface area contributed by atoms with Crippen LogP contribution >= 0.6 is 27.5 Å². The molecule has 0 heterocycles.